The van der Waals surface area contributed by atoms with E-state index in [0.717, 1.165) is 5.56 Å². The summed E-state index contributed by atoms with van der Waals surface area (Å²) in [7, 11) is 0. The number of rotatable bonds is 3. The lowest BCUT2D eigenvalue weighted by atomic mass is 10.0. The molecular weight excluding hydrogens is 230 g/mol. The zero-order valence-electron chi connectivity index (χ0n) is 11.0. The van der Waals surface area contributed by atoms with Crippen molar-refractivity contribution in [2.24, 2.45) is 5.92 Å². The van der Waals surface area contributed by atoms with E-state index in [2.05, 4.69) is 18.8 Å². The second-order valence-electron chi connectivity index (χ2n) is 5.05. The Balaban J connectivity index is 2.12. The summed E-state index contributed by atoms with van der Waals surface area (Å²) in [5.41, 5.74) is 6.60. The molecule has 18 heavy (non-hydrogen) atoms. The highest BCUT2D eigenvalue weighted by molar-refractivity contribution is 5.70. The van der Waals surface area contributed by atoms with Gasteiger partial charge >= 0.3 is 6.09 Å². The molecule has 5 heteroatoms. The maximum Gasteiger partial charge on any atom is 0.410 e. The quantitative estimate of drug-likeness (QED) is 0.890. The van der Waals surface area contributed by atoms with E-state index in [1.165, 1.54) is 0 Å². The Morgan fingerprint density at radius 3 is 2.83 bits per heavy atom. The minimum Gasteiger partial charge on any atom is -0.444 e. The van der Waals surface area contributed by atoms with Crippen molar-refractivity contribution in [2.75, 3.05) is 5.73 Å². The molecule has 2 atom stereocenters. The SMILES string of the molecule is CC(C)C1OC(=O)N(Cc2ccnc(N)c2)[C@@H]1C. The number of carbonyl (C=O) groups excluding carboxylic acids is 1. The van der Waals surface area contributed by atoms with E-state index in [1.54, 1.807) is 17.2 Å². The van der Waals surface area contributed by atoms with Crippen molar-refractivity contribution < 1.29 is 9.53 Å². The van der Waals surface area contributed by atoms with Crippen molar-refractivity contribution >= 4 is 11.9 Å². The van der Waals surface area contributed by atoms with Gasteiger partial charge in [0.25, 0.3) is 0 Å². The van der Waals surface area contributed by atoms with E-state index in [1.807, 2.05) is 13.0 Å². The Labute approximate surface area is 107 Å². The van der Waals surface area contributed by atoms with Crippen molar-refractivity contribution in [1.29, 1.82) is 0 Å². The van der Waals surface area contributed by atoms with E-state index in [4.69, 9.17) is 10.5 Å². The molecule has 2 rings (SSSR count). The van der Waals surface area contributed by atoms with Crippen LogP contribution in [0.5, 0.6) is 0 Å². The highest BCUT2D eigenvalue weighted by Crippen LogP contribution is 2.26. The molecule has 2 N–H and O–H groups in total. The molecule has 0 radical (unpaired) electrons. The molecule has 1 fully saturated rings. The molecular formula is C13H19N3O2. The predicted molar refractivity (Wildman–Crippen MR) is 68.8 cm³/mol. The number of aromatic nitrogens is 1. The number of hydrogen-bond donors (Lipinski definition) is 1. The molecule has 0 aliphatic carbocycles. The fourth-order valence-electron chi connectivity index (χ4n) is 2.32. The van der Waals surface area contributed by atoms with Crippen LogP contribution in [-0.2, 0) is 11.3 Å². The number of hydrogen-bond acceptors (Lipinski definition) is 4. The van der Waals surface area contributed by atoms with Crippen LogP contribution in [0.4, 0.5) is 10.6 Å². The first-order valence-corrected chi connectivity index (χ1v) is 6.16. The Morgan fingerprint density at radius 1 is 1.56 bits per heavy atom. The summed E-state index contributed by atoms with van der Waals surface area (Å²) in [5.74, 6) is 0.782. The average molecular weight is 249 g/mol. The Morgan fingerprint density at radius 2 is 2.28 bits per heavy atom. The van der Waals surface area contributed by atoms with Crippen LogP contribution in [0.1, 0.15) is 26.3 Å². The molecule has 0 spiro atoms. The van der Waals surface area contributed by atoms with E-state index in [0.29, 0.717) is 18.3 Å². The van der Waals surface area contributed by atoms with Gasteiger partial charge in [0.05, 0.1) is 6.04 Å². The van der Waals surface area contributed by atoms with Gasteiger partial charge in [-0.1, -0.05) is 13.8 Å². The molecule has 1 saturated heterocycles. The smallest absolute Gasteiger partial charge is 0.410 e. The molecule has 1 aromatic rings. The largest absolute Gasteiger partial charge is 0.444 e. The van der Waals surface area contributed by atoms with Gasteiger partial charge in [0.15, 0.2) is 0 Å². The van der Waals surface area contributed by atoms with Gasteiger partial charge in [-0.2, -0.15) is 0 Å². The molecule has 5 nitrogen and oxygen atoms in total. The van der Waals surface area contributed by atoms with Gasteiger partial charge in [-0.3, -0.25) is 4.90 Å². The van der Waals surface area contributed by atoms with Crippen LogP contribution < -0.4 is 5.73 Å². The molecule has 98 valence electrons. The van der Waals surface area contributed by atoms with Crippen LogP contribution in [0.25, 0.3) is 0 Å². The highest BCUT2D eigenvalue weighted by Gasteiger charge is 2.40. The van der Waals surface area contributed by atoms with E-state index >= 15 is 0 Å². The second-order valence-corrected chi connectivity index (χ2v) is 5.05. The first-order valence-electron chi connectivity index (χ1n) is 6.16. The summed E-state index contributed by atoms with van der Waals surface area (Å²) in [4.78, 5) is 17.5. The van der Waals surface area contributed by atoms with Crippen LogP contribution in [0, 0.1) is 5.92 Å². The molecule has 1 aliphatic heterocycles. The molecule has 1 amide bonds. The van der Waals surface area contributed by atoms with Gasteiger partial charge in [-0.15, -0.1) is 0 Å². The van der Waals surface area contributed by atoms with Crippen molar-refractivity contribution in [3.05, 3.63) is 23.9 Å². The molecule has 2 heterocycles. The van der Waals surface area contributed by atoms with Crippen LogP contribution in [0.2, 0.25) is 0 Å². The maximum absolute atomic E-state index is 11.8. The number of carbonyl (C=O) groups is 1. The fourth-order valence-corrected chi connectivity index (χ4v) is 2.32. The summed E-state index contributed by atoms with van der Waals surface area (Å²) in [6.07, 6.45) is 1.35. The van der Waals surface area contributed by atoms with Crippen LogP contribution in [0.3, 0.4) is 0 Å². The average Bonchev–Trinajstić information content (AvgIpc) is 2.57. The van der Waals surface area contributed by atoms with Crippen LogP contribution in [-0.4, -0.2) is 28.1 Å². The molecule has 1 aliphatic rings. The monoisotopic (exact) mass is 249 g/mol. The second kappa shape index (κ2) is 4.84. The first kappa shape index (κ1) is 12.7. The number of cyclic esters (lactones) is 1. The fraction of sp³-hybridized carbons (Fsp3) is 0.538. The Bertz CT molecular complexity index is 448. The van der Waals surface area contributed by atoms with Crippen LogP contribution >= 0.6 is 0 Å². The number of nitrogens with zero attached hydrogens (tertiary/aromatic N) is 2. The minimum atomic E-state index is -0.253. The first-order chi connectivity index (χ1) is 8.49. The number of amides is 1. The predicted octanol–water partition coefficient (Wildman–Crippen LogP) is 2.03. The molecule has 0 aromatic carbocycles. The summed E-state index contributed by atoms with van der Waals surface area (Å²) in [5, 5.41) is 0. The Kier molecular flexibility index (Phi) is 3.41. The normalized spacial score (nSPS) is 23.6. The summed E-state index contributed by atoms with van der Waals surface area (Å²) < 4.78 is 5.39. The summed E-state index contributed by atoms with van der Waals surface area (Å²) in [6, 6.07) is 3.72. The van der Waals surface area contributed by atoms with Crippen LogP contribution in [0.15, 0.2) is 18.3 Å². The van der Waals surface area contributed by atoms with E-state index in [-0.39, 0.29) is 18.2 Å². The van der Waals surface area contributed by atoms with E-state index in [9.17, 15) is 4.79 Å². The lowest BCUT2D eigenvalue weighted by molar-refractivity contribution is 0.104. The summed E-state index contributed by atoms with van der Waals surface area (Å²) >= 11 is 0. The van der Waals surface area contributed by atoms with Gasteiger partial charge < -0.3 is 10.5 Å². The zero-order valence-corrected chi connectivity index (χ0v) is 11.0. The van der Waals surface area contributed by atoms with Crippen molar-refractivity contribution in [1.82, 2.24) is 9.88 Å². The lowest BCUT2D eigenvalue weighted by Gasteiger charge is -2.22. The van der Waals surface area contributed by atoms with Crippen molar-refractivity contribution in [3.8, 4) is 0 Å². The standard InChI is InChI=1S/C13H19N3O2/c1-8(2)12-9(3)16(13(17)18-12)7-10-4-5-15-11(14)6-10/h4-6,8-9,12H,7H2,1-3H3,(H2,14,15)/t9-,12?/m1/s1. The summed E-state index contributed by atoms with van der Waals surface area (Å²) in [6.45, 7) is 6.64. The van der Waals surface area contributed by atoms with E-state index < -0.39 is 0 Å². The molecule has 0 bridgehead atoms. The number of nitrogen functional groups attached to an aromatic ring is 1. The highest BCUT2D eigenvalue weighted by atomic mass is 16.6. The number of anilines is 1. The third kappa shape index (κ3) is 2.39. The van der Waals surface area contributed by atoms with Gasteiger partial charge in [0.1, 0.15) is 11.9 Å². The van der Waals surface area contributed by atoms with Gasteiger partial charge in [-0.25, -0.2) is 9.78 Å². The molecule has 1 unspecified atom stereocenters. The lowest BCUT2D eigenvalue weighted by Crippen LogP contribution is -2.35. The maximum atomic E-state index is 11.8. The topological polar surface area (TPSA) is 68.5 Å². The molecule has 1 aromatic heterocycles. The minimum absolute atomic E-state index is 0.0447. The van der Waals surface area contributed by atoms with Crippen molar-refractivity contribution in [2.45, 2.75) is 39.5 Å². The third-order valence-corrected chi connectivity index (χ3v) is 3.29. The van der Waals surface area contributed by atoms with Crippen molar-refractivity contribution in [3.63, 3.8) is 0 Å². The van der Waals surface area contributed by atoms with Gasteiger partial charge in [0, 0.05) is 12.7 Å². The van der Waals surface area contributed by atoms with Gasteiger partial charge in [0.2, 0.25) is 0 Å². The number of ether oxygens (including phenoxy) is 1. The Hall–Kier alpha value is -1.78. The third-order valence-electron chi connectivity index (χ3n) is 3.29. The number of pyridine rings is 1. The molecule has 0 saturated carbocycles. The number of nitrogens with two attached hydrogens (primary N) is 1. The zero-order chi connectivity index (χ0) is 13.3. The van der Waals surface area contributed by atoms with Gasteiger partial charge in [-0.05, 0) is 30.5 Å².